The molecule has 0 amide bonds. The first-order valence-corrected chi connectivity index (χ1v) is 6.13. The minimum atomic E-state index is -3.40. The monoisotopic (exact) mass is 226 g/mol. The van der Waals surface area contributed by atoms with Crippen LogP contribution < -0.4 is 0 Å². The number of benzene rings is 1. The molecular weight excluding hydrogens is 216 g/mol. The van der Waals surface area contributed by atoms with E-state index < -0.39 is 21.7 Å². The molecule has 5 heteroatoms. The lowest BCUT2D eigenvalue weighted by molar-refractivity contribution is -0.138. The number of sulfone groups is 1. The maximum atomic E-state index is 11.6. The number of fused-ring (bicyclic) bond motifs is 1. The lowest BCUT2D eigenvalue weighted by atomic mass is 10.00. The highest BCUT2D eigenvalue weighted by Gasteiger charge is 2.38. The Morgan fingerprint density at radius 1 is 1.47 bits per heavy atom. The van der Waals surface area contributed by atoms with Crippen molar-refractivity contribution in [2.24, 2.45) is 0 Å². The predicted molar refractivity (Wildman–Crippen MR) is 53.6 cm³/mol. The van der Waals surface area contributed by atoms with Gasteiger partial charge < -0.3 is 5.11 Å². The lowest BCUT2D eigenvalue weighted by Crippen LogP contribution is -2.13. The molecule has 0 saturated carbocycles. The van der Waals surface area contributed by atoms with Crippen molar-refractivity contribution in [3.05, 3.63) is 29.3 Å². The van der Waals surface area contributed by atoms with E-state index in [0.717, 1.165) is 5.56 Å². The quantitative estimate of drug-likeness (QED) is 0.773. The van der Waals surface area contributed by atoms with Crippen molar-refractivity contribution in [2.75, 3.05) is 5.75 Å². The van der Waals surface area contributed by atoms with E-state index >= 15 is 0 Å². The second-order valence-electron chi connectivity index (χ2n) is 3.71. The zero-order valence-electron chi connectivity index (χ0n) is 8.10. The fourth-order valence-electron chi connectivity index (χ4n) is 1.83. The Morgan fingerprint density at radius 3 is 2.73 bits per heavy atom. The first kappa shape index (κ1) is 10.2. The molecule has 0 bridgehead atoms. The van der Waals surface area contributed by atoms with E-state index in [1.807, 2.05) is 6.92 Å². The van der Waals surface area contributed by atoms with Crippen LogP contribution in [0.2, 0.25) is 0 Å². The summed E-state index contributed by atoms with van der Waals surface area (Å²) in [6.07, 6.45) is 0. The third kappa shape index (κ3) is 1.52. The van der Waals surface area contributed by atoms with Crippen molar-refractivity contribution in [1.29, 1.82) is 0 Å². The Bertz CT molecular complexity index is 530. The highest BCUT2D eigenvalue weighted by Crippen LogP contribution is 2.35. The van der Waals surface area contributed by atoms with E-state index in [4.69, 9.17) is 5.11 Å². The van der Waals surface area contributed by atoms with Crippen LogP contribution in [-0.4, -0.2) is 25.2 Å². The van der Waals surface area contributed by atoms with Gasteiger partial charge in [0.2, 0.25) is 0 Å². The van der Waals surface area contributed by atoms with Gasteiger partial charge in [-0.15, -0.1) is 0 Å². The summed E-state index contributed by atoms with van der Waals surface area (Å²) in [7, 11) is -3.40. The van der Waals surface area contributed by atoms with Gasteiger partial charge in [0.25, 0.3) is 0 Å². The molecule has 0 radical (unpaired) electrons. The average Bonchev–Trinajstić information content (AvgIpc) is 2.38. The van der Waals surface area contributed by atoms with Crippen LogP contribution in [0, 0.1) is 6.92 Å². The molecule has 1 N–H and O–H groups in total. The van der Waals surface area contributed by atoms with Crippen LogP contribution in [0.1, 0.15) is 17.0 Å². The van der Waals surface area contributed by atoms with Gasteiger partial charge in [-0.2, -0.15) is 0 Å². The Hall–Kier alpha value is -1.36. The van der Waals surface area contributed by atoms with Crippen LogP contribution in [0.3, 0.4) is 0 Å². The summed E-state index contributed by atoms with van der Waals surface area (Å²) < 4.78 is 23.2. The van der Waals surface area contributed by atoms with Crippen LogP contribution in [0.4, 0.5) is 0 Å². The van der Waals surface area contributed by atoms with Gasteiger partial charge in [0, 0.05) is 0 Å². The summed E-state index contributed by atoms with van der Waals surface area (Å²) in [5.74, 6) is -2.31. The highest BCUT2D eigenvalue weighted by atomic mass is 32.2. The molecule has 1 heterocycles. The molecule has 1 aliphatic rings. The predicted octanol–water partition coefficient (Wildman–Crippen LogP) is 0.951. The summed E-state index contributed by atoms with van der Waals surface area (Å²) in [5, 5.41) is 8.92. The van der Waals surface area contributed by atoms with Gasteiger partial charge in [0.05, 0.1) is 16.6 Å². The molecule has 1 aromatic carbocycles. The first-order chi connectivity index (χ1) is 6.92. The minimum Gasteiger partial charge on any atom is -0.481 e. The Balaban J connectivity index is 2.69. The number of aliphatic carboxylic acids is 1. The number of aryl methyl sites for hydroxylation is 1. The summed E-state index contributed by atoms with van der Waals surface area (Å²) in [6, 6.07) is 4.81. The number of rotatable bonds is 1. The summed E-state index contributed by atoms with van der Waals surface area (Å²) in [4.78, 5) is 11.1. The molecule has 4 nitrogen and oxygen atoms in total. The normalized spacial score (nSPS) is 22.3. The fourth-order valence-corrected chi connectivity index (χ4v) is 3.60. The number of hydrogen-bond donors (Lipinski definition) is 1. The molecule has 1 aliphatic heterocycles. The van der Waals surface area contributed by atoms with Crippen molar-refractivity contribution in [1.82, 2.24) is 0 Å². The molecule has 0 aromatic heterocycles. The van der Waals surface area contributed by atoms with Crippen LogP contribution in [0.15, 0.2) is 23.1 Å². The smallest absolute Gasteiger partial charge is 0.312 e. The molecule has 0 aliphatic carbocycles. The maximum Gasteiger partial charge on any atom is 0.312 e. The summed E-state index contributed by atoms with van der Waals surface area (Å²) in [5.41, 5.74) is 1.29. The highest BCUT2D eigenvalue weighted by molar-refractivity contribution is 7.91. The largest absolute Gasteiger partial charge is 0.481 e. The van der Waals surface area contributed by atoms with Crippen molar-refractivity contribution in [3.8, 4) is 0 Å². The zero-order chi connectivity index (χ0) is 11.2. The second kappa shape index (κ2) is 3.06. The fraction of sp³-hybridized carbons (Fsp3) is 0.300. The number of carboxylic acid groups (broad SMARTS) is 1. The number of carboxylic acids is 1. The van der Waals surface area contributed by atoms with Crippen molar-refractivity contribution >= 4 is 15.8 Å². The molecule has 1 atom stereocenters. The van der Waals surface area contributed by atoms with Gasteiger partial charge in [-0.1, -0.05) is 17.7 Å². The molecule has 0 spiro atoms. The summed E-state index contributed by atoms with van der Waals surface area (Å²) in [6.45, 7) is 1.81. The lowest BCUT2D eigenvalue weighted by Gasteiger charge is -2.03. The molecule has 0 fully saturated rings. The summed E-state index contributed by atoms with van der Waals surface area (Å²) >= 11 is 0. The molecule has 0 saturated heterocycles. The van der Waals surface area contributed by atoms with Gasteiger partial charge in [-0.05, 0) is 18.6 Å². The van der Waals surface area contributed by atoms with Crippen molar-refractivity contribution < 1.29 is 18.3 Å². The van der Waals surface area contributed by atoms with Crippen molar-refractivity contribution in [2.45, 2.75) is 17.7 Å². The van der Waals surface area contributed by atoms with Crippen LogP contribution in [0.5, 0.6) is 0 Å². The van der Waals surface area contributed by atoms with E-state index in [9.17, 15) is 13.2 Å². The topological polar surface area (TPSA) is 71.4 Å². The van der Waals surface area contributed by atoms with Gasteiger partial charge in [0.1, 0.15) is 0 Å². The number of carbonyl (C=O) groups is 1. The van der Waals surface area contributed by atoms with Gasteiger partial charge >= 0.3 is 5.97 Å². The van der Waals surface area contributed by atoms with Crippen LogP contribution in [0.25, 0.3) is 0 Å². The van der Waals surface area contributed by atoms with E-state index in [0.29, 0.717) is 5.56 Å². The van der Waals surface area contributed by atoms with Gasteiger partial charge in [-0.25, -0.2) is 8.42 Å². The Labute approximate surface area is 87.5 Å². The SMILES string of the molecule is Cc1ccc2c(c1)C(C(=O)O)CS2(=O)=O. The minimum absolute atomic E-state index is 0.167. The van der Waals surface area contributed by atoms with Gasteiger partial charge in [-0.3, -0.25) is 4.79 Å². The Kier molecular flexibility index (Phi) is 2.08. The maximum absolute atomic E-state index is 11.6. The van der Waals surface area contributed by atoms with Crippen LogP contribution in [-0.2, 0) is 14.6 Å². The third-order valence-electron chi connectivity index (χ3n) is 2.56. The first-order valence-electron chi connectivity index (χ1n) is 4.48. The molecular formula is C10H10O4S. The second-order valence-corrected chi connectivity index (χ2v) is 5.72. The van der Waals surface area contributed by atoms with E-state index in [2.05, 4.69) is 0 Å². The molecule has 1 aromatic rings. The molecule has 80 valence electrons. The standard InChI is InChI=1S/C10H10O4S/c1-6-2-3-9-7(4-6)8(10(11)12)5-15(9,13)14/h2-4,8H,5H2,1H3,(H,11,12). The van der Waals surface area contributed by atoms with E-state index in [-0.39, 0.29) is 10.6 Å². The number of hydrogen-bond acceptors (Lipinski definition) is 3. The third-order valence-corrected chi connectivity index (χ3v) is 4.37. The van der Waals surface area contributed by atoms with E-state index in [1.54, 1.807) is 12.1 Å². The van der Waals surface area contributed by atoms with E-state index in [1.165, 1.54) is 6.07 Å². The molecule has 1 unspecified atom stereocenters. The zero-order valence-corrected chi connectivity index (χ0v) is 8.91. The van der Waals surface area contributed by atoms with Crippen molar-refractivity contribution in [3.63, 3.8) is 0 Å². The van der Waals surface area contributed by atoms with Crippen LogP contribution >= 0.6 is 0 Å². The molecule has 15 heavy (non-hydrogen) atoms. The Morgan fingerprint density at radius 2 is 2.13 bits per heavy atom. The van der Waals surface area contributed by atoms with Gasteiger partial charge in [0.15, 0.2) is 9.84 Å². The average molecular weight is 226 g/mol. The molecule has 2 rings (SSSR count).